The minimum atomic E-state index is -0.319. The number of benzene rings is 1. The second-order valence-electron chi connectivity index (χ2n) is 8.97. The second kappa shape index (κ2) is 11.7. The van der Waals surface area contributed by atoms with Crippen LogP contribution in [0.3, 0.4) is 0 Å². The summed E-state index contributed by atoms with van der Waals surface area (Å²) >= 11 is 14.1. The largest absolute Gasteiger partial charge is 0.348 e. The molecule has 1 aliphatic carbocycles. The van der Waals surface area contributed by atoms with Crippen molar-refractivity contribution in [3.8, 4) is 0 Å². The molecule has 0 saturated heterocycles. The van der Waals surface area contributed by atoms with E-state index in [1.54, 1.807) is 0 Å². The van der Waals surface area contributed by atoms with Crippen LogP contribution in [-0.2, 0) is 19.5 Å². The van der Waals surface area contributed by atoms with Gasteiger partial charge < -0.3 is 5.32 Å². The predicted molar refractivity (Wildman–Crippen MR) is 147 cm³/mol. The summed E-state index contributed by atoms with van der Waals surface area (Å²) in [7, 11) is 0. The molecule has 3 heterocycles. The maximum atomic E-state index is 12.7. The number of fused-ring (bicyclic) bond motifs is 1. The molecule has 1 aromatic carbocycles. The highest BCUT2D eigenvalue weighted by Gasteiger charge is 2.28. The molecule has 9 heteroatoms. The van der Waals surface area contributed by atoms with Crippen LogP contribution in [0.2, 0.25) is 10.0 Å². The number of nitrogens with one attached hydrogen (secondary N) is 1. The van der Waals surface area contributed by atoms with Gasteiger partial charge in [-0.1, -0.05) is 53.5 Å². The van der Waals surface area contributed by atoms with Crippen molar-refractivity contribution in [2.24, 2.45) is 4.99 Å². The highest BCUT2D eigenvalue weighted by atomic mass is 35.5. The normalized spacial score (nSPS) is 17.1. The van der Waals surface area contributed by atoms with Gasteiger partial charge in [-0.15, -0.1) is 11.8 Å². The Morgan fingerprint density at radius 3 is 2.75 bits per heavy atom. The molecule has 0 spiro atoms. The van der Waals surface area contributed by atoms with E-state index in [1.807, 2.05) is 36.2 Å². The Labute approximate surface area is 225 Å². The zero-order chi connectivity index (χ0) is 24.9. The molecule has 0 saturated carbocycles. The van der Waals surface area contributed by atoms with Crippen molar-refractivity contribution in [2.45, 2.75) is 38.4 Å². The van der Waals surface area contributed by atoms with Gasteiger partial charge in [0, 0.05) is 50.5 Å². The third kappa shape index (κ3) is 5.92. The van der Waals surface area contributed by atoms with Crippen molar-refractivity contribution in [2.75, 3.05) is 18.8 Å². The fourth-order valence-electron chi connectivity index (χ4n) is 4.84. The summed E-state index contributed by atoms with van der Waals surface area (Å²) in [5.41, 5.74) is 4.99. The van der Waals surface area contributed by atoms with Crippen molar-refractivity contribution < 1.29 is 4.79 Å². The number of nitrogens with zero attached hydrogens (tertiary/aromatic N) is 4. The summed E-state index contributed by atoms with van der Waals surface area (Å²) in [5.74, 6) is 0.740. The molecule has 0 bridgehead atoms. The maximum absolute atomic E-state index is 12.7. The van der Waals surface area contributed by atoms with Crippen LogP contribution in [0.4, 0.5) is 0 Å². The molecular formula is C27H27Cl2N5OS. The number of hydrogen-bond donors (Lipinski definition) is 1. The van der Waals surface area contributed by atoms with E-state index in [-0.39, 0.29) is 27.6 Å². The molecule has 0 radical (unpaired) electrons. The van der Waals surface area contributed by atoms with Gasteiger partial charge in [0.1, 0.15) is 0 Å². The smallest absolute Gasteiger partial charge is 0.254 e. The van der Waals surface area contributed by atoms with Gasteiger partial charge in [0.25, 0.3) is 5.91 Å². The first-order valence-corrected chi connectivity index (χ1v) is 13.8. The van der Waals surface area contributed by atoms with Crippen molar-refractivity contribution in [1.82, 2.24) is 20.2 Å². The molecule has 36 heavy (non-hydrogen) atoms. The number of aliphatic imine (C=N–C) groups is 1. The number of thioether (sulfide) groups is 1. The Bertz CT molecular complexity index is 1260. The van der Waals surface area contributed by atoms with E-state index >= 15 is 0 Å². The SMILES string of the molecule is O=C(NCc1cccc(CN(CC2=NCCS2)C2CCCc3cccnc32)c1)c1c(Cl)cncc1Cl. The van der Waals surface area contributed by atoms with Crippen LogP contribution in [0, 0.1) is 0 Å². The molecule has 2 aliphatic rings. The predicted octanol–water partition coefficient (Wildman–Crippen LogP) is 5.74. The minimum absolute atomic E-state index is 0.235. The van der Waals surface area contributed by atoms with Crippen LogP contribution in [0.15, 0.2) is 60.0 Å². The molecule has 1 unspecified atom stereocenters. The first-order valence-electron chi connectivity index (χ1n) is 12.1. The quantitative estimate of drug-likeness (QED) is 0.395. The molecule has 1 aliphatic heterocycles. The van der Waals surface area contributed by atoms with E-state index in [2.05, 4.69) is 33.4 Å². The van der Waals surface area contributed by atoms with Crippen molar-refractivity contribution >= 4 is 45.9 Å². The highest BCUT2D eigenvalue weighted by Crippen LogP contribution is 2.34. The number of pyridine rings is 2. The van der Waals surface area contributed by atoms with Crippen LogP contribution in [-0.4, -0.2) is 44.7 Å². The lowest BCUT2D eigenvalue weighted by Gasteiger charge is -2.35. The molecule has 6 nitrogen and oxygen atoms in total. The molecule has 3 aromatic rings. The van der Waals surface area contributed by atoms with Crippen molar-refractivity contribution in [1.29, 1.82) is 0 Å². The summed E-state index contributed by atoms with van der Waals surface area (Å²) in [4.78, 5) is 28.6. The Morgan fingerprint density at radius 1 is 1.11 bits per heavy atom. The molecule has 186 valence electrons. The lowest BCUT2D eigenvalue weighted by molar-refractivity contribution is 0.0951. The number of carbonyl (C=O) groups is 1. The van der Waals surface area contributed by atoms with Crippen LogP contribution in [0.5, 0.6) is 0 Å². The van der Waals surface area contributed by atoms with Crippen LogP contribution < -0.4 is 5.32 Å². The lowest BCUT2D eigenvalue weighted by Crippen LogP contribution is -2.35. The molecule has 0 fully saturated rings. The maximum Gasteiger partial charge on any atom is 0.254 e. The van der Waals surface area contributed by atoms with Gasteiger partial charge in [-0.05, 0) is 42.0 Å². The monoisotopic (exact) mass is 539 g/mol. The summed E-state index contributed by atoms with van der Waals surface area (Å²) < 4.78 is 0. The number of amides is 1. The molecule has 1 atom stereocenters. The van der Waals surface area contributed by atoms with Crippen molar-refractivity contribution in [3.63, 3.8) is 0 Å². The first-order chi connectivity index (χ1) is 17.6. The van der Waals surface area contributed by atoms with Crippen molar-refractivity contribution in [3.05, 3.63) is 93.0 Å². The van der Waals surface area contributed by atoms with E-state index in [0.29, 0.717) is 6.54 Å². The van der Waals surface area contributed by atoms with Crippen LogP contribution in [0.25, 0.3) is 0 Å². The Kier molecular flexibility index (Phi) is 8.22. The zero-order valence-corrected chi connectivity index (χ0v) is 22.1. The van der Waals surface area contributed by atoms with Gasteiger partial charge in [-0.2, -0.15) is 0 Å². The van der Waals surface area contributed by atoms with Gasteiger partial charge in [0.2, 0.25) is 0 Å². The van der Waals surface area contributed by atoms with Gasteiger partial charge in [-0.3, -0.25) is 24.7 Å². The highest BCUT2D eigenvalue weighted by molar-refractivity contribution is 8.14. The van der Waals surface area contributed by atoms with E-state index in [0.717, 1.165) is 50.2 Å². The number of halogens is 2. The van der Waals surface area contributed by atoms with E-state index in [1.165, 1.54) is 34.3 Å². The van der Waals surface area contributed by atoms with Crippen LogP contribution >= 0.6 is 35.0 Å². The standard InChI is InChI=1S/C27H27Cl2N5OS/c28-21-14-30-15-22(29)25(21)27(35)33-13-18-4-1-5-19(12-18)16-34(17-24-31-10-11-36-24)23-8-2-6-20-7-3-9-32-26(20)23/h1,3-5,7,9,12,14-15,23H,2,6,8,10-11,13,16-17H2,(H,33,35). The topological polar surface area (TPSA) is 70.5 Å². The molecular weight excluding hydrogens is 513 g/mol. The summed E-state index contributed by atoms with van der Waals surface area (Å²) in [5, 5.41) is 4.60. The van der Waals surface area contributed by atoms with Gasteiger partial charge in [0.15, 0.2) is 0 Å². The average molecular weight is 541 g/mol. The summed E-state index contributed by atoms with van der Waals surface area (Å²) in [6.45, 7) is 2.88. The first kappa shape index (κ1) is 25.2. The minimum Gasteiger partial charge on any atom is -0.348 e. The number of aromatic nitrogens is 2. The van der Waals surface area contributed by atoms with E-state index in [9.17, 15) is 4.79 Å². The number of hydrogen-bond acceptors (Lipinski definition) is 6. The Hall–Kier alpha value is -2.45. The Morgan fingerprint density at radius 2 is 1.94 bits per heavy atom. The third-order valence-electron chi connectivity index (χ3n) is 6.50. The lowest BCUT2D eigenvalue weighted by atomic mass is 9.90. The third-order valence-corrected chi connectivity index (χ3v) is 8.05. The summed E-state index contributed by atoms with van der Waals surface area (Å²) in [6, 6.07) is 12.8. The summed E-state index contributed by atoms with van der Waals surface area (Å²) in [6.07, 6.45) is 8.08. The zero-order valence-electron chi connectivity index (χ0n) is 19.8. The Balaban J connectivity index is 1.32. The van der Waals surface area contributed by atoms with Gasteiger partial charge in [-0.25, -0.2) is 0 Å². The molecule has 1 N–H and O–H groups in total. The number of carbonyl (C=O) groups excluding carboxylic acids is 1. The van der Waals surface area contributed by atoms with E-state index < -0.39 is 0 Å². The van der Waals surface area contributed by atoms with Gasteiger partial charge in [0.05, 0.1) is 32.4 Å². The molecule has 2 aromatic heterocycles. The number of rotatable bonds is 8. The fourth-order valence-corrected chi connectivity index (χ4v) is 6.23. The molecule has 5 rings (SSSR count). The van der Waals surface area contributed by atoms with E-state index in [4.69, 9.17) is 33.2 Å². The fraction of sp³-hybridized carbons (Fsp3) is 0.333. The van der Waals surface area contributed by atoms with Gasteiger partial charge >= 0.3 is 0 Å². The molecule has 1 amide bonds. The average Bonchev–Trinajstić information content (AvgIpc) is 3.40. The second-order valence-corrected chi connectivity index (χ2v) is 10.9. The van der Waals surface area contributed by atoms with Crippen LogP contribution in [0.1, 0.15) is 51.6 Å². The number of aryl methyl sites for hydroxylation is 1.